The van der Waals surface area contributed by atoms with Crippen LogP contribution in [0.4, 0.5) is 23.0 Å². The Bertz CT molecular complexity index is 3160. The molecule has 0 atom stereocenters. The minimum atomic E-state index is -5.38. The second kappa shape index (κ2) is 19.3. The number of anilines is 3. The van der Waals surface area contributed by atoms with Gasteiger partial charge in [-0.3, -0.25) is 15.2 Å². The van der Waals surface area contributed by atoms with Gasteiger partial charge in [-0.2, -0.15) is 15.1 Å². The van der Waals surface area contributed by atoms with Crippen molar-refractivity contribution in [3.63, 3.8) is 0 Å². The molecule has 0 saturated heterocycles. The number of thiazole rings is 1. The van der Waals surface area contributed by atoms with Crippen molar-refractivity contribution >= 4 is 104 Å². The molecular formula is C34H22ClN8Na3O10S4. The number of hydrogen-bond donors (Lipinski definition) is 3. The van der Waals surface area contributed by atoms with Crippen molar-refractivity contribution in [1.82, 2.24) is 19.9 Å². The quantitative estimate of drug-likeness (QED) is 0.0702. The fourth-order valence-corrected chi connectivity index (χ4v) is 9.24. The Morgan fingerprint density at radius 3 is 2.05 bits per heavy atom. The van der Waals surface area contributed by atoms with E-state index < -0.39 is 68.5 Å². The van der Waals surface area contributed by atoms with E-state index in [0.717, 1.165) is 35.1 Å². The van der Waals surface area contributed by atoms with Gasteiger partial charge in [0.15, 0.2) is 0 Å². The molecule has 1 aliphatic carbocycles. The van der Waals surface area contributed by atoms with E-state index in [1.54, 1.807) is 54.6 Å². The molecule has 18 nitrogen and oxygen atoms in total. The Morgan fingerprint density at radius 1 is 0.783 bits per heavy atom. The number of nitrogens with one attached hydrogen (secondary N) is 3. The van der Waals surface area contributed by atoms with Crippen LogP contribution >= 0.6 is 22.9 Å². The third-order valence-corrected chi connectivity index (χ3v) is 12.3. The zero-order valence-electron chi connectivity index (χ0n) is 31.8. The van der Waals surface area contributed by atoms with Crippen LogP contribution in [0.1, 0.15) is 27.0 Å². The van der Waals surface area contributed by atoms with Gasteiger partial charge < -0.3 is 19.0 Å². The number of rotatable bonds is 9. The Kier molecular flexibility index (Phi) is 16.1. The van der Waals surface area contributed by atoms with Crippen molar-refractivity contribution in [2.24, 2.45) is 10.1 Å². The van der Waals surface area contributed by atoms with Crippen LogP contribution in [0.15, 0.2) is 97.6 Å². The fourth-order valence-electron chi connectivity index (χ4n) is 5.62. The van der Waals surface area contributed by atoms with Gasteiger partial charge in [-0.15, -0.1) is 11.3 Å². The van der Waals surface area contributed by atoms with Crippen LogP contribution in [0.2, 0.25) is 5.28 Å². The van der Waals surface area contributed by atoms with Crippen LogP contribution in [-0.2, 0) is 30.4 Å². The summed E-state index contributed by atoms with van der Waals surface area (Å²) in [4.78, 5) is 31.2. The molecule has 7 rings (SSSR count). The molecule has 0 radical (unpaired) electrons. The Morgan fingerprint density at radius 2 is 1.43 bits per heavy atom. The third-order valence-electron chi connectivity index (χ3n) is 8.19. The molecule has 0 bridgehead atoms. The number of carbonyl (C=O) groups excluding carboxylic acids is 1. The predicted molar refractivity (Wildman–Crippen MR) is 206 cm³/mol. The van der Waals surface area contributed by atoms with Gasteiger partial charge in [-0.1, -0.05) is 23.8 Å². The van der Waals surface area contributed by atoms with E-state index in [1.165, 1.54) is 13.0 Å². The summed E-state index contributed by atoms with van der Waals surface area (Å²) < 4.78 is 109. The maximum atomic E-state index is 13.9. The van der Waals surface area contributed by atoms with Crippen molar-refractivity contribution < 1.29 is 132 Å². The molecule has 0 unspecified atom stereocenters. The number of aromatic amines is 1. The number of hydrogen-bond acceptors (Lipinski definition) is 18. The summed E-state index contributed by atoms with van der Waals surface area (Å²) in [6, 6.07) is 17.7. The number of allylic oxidation sites excluding steroid dienone is 1. The van der Waals surface area contributed by atoms with E-state index in [9.17, 15) is 43.7 Å². The molecule has 2 aromatic heterocycles. The molecule has 60 heavy (non-hydrogen) atoms. The summed E-state index contributed by atoms with van der Waals surface area (Å²) in [7, 11) is -15.4. The van der Waals surface area contributed by atoms with Crippen molar-refractivity contribution in [2.75, 3.05) is 10.7 Å². The van der Waals surface area contributed by atoms with Crippen LogP contribution in [0.3, 0.4) is 0 Å². The molecule has 0 aliphatic heterocycles. The topological polar surface area (TPSA) is 292 Å². The number of Topliss-reactive ketones (excluding diaryl/α,β-unsaturated/α-hetero) is 1. The van der Waals surface area contributed by atoms with E-state index in [2.05, 4.69) is 40.8 Å². The molecule has 292 valence electrons. The monoisotopic (exact) mass is 934 g/mol. The van der Waals surface area contributed by atoms with Crippen LogP contribution in [0.5, 0.6) is 0 Å². The normalized spacial score (nSPS) is 13.8. The Hall–Kier alpha value is -2.72. The minimum Gasteiger partial charge on any atom is -0.744 e. The average molecular weight is 935 g/mol. The minimum absolute atomic E-state index is 0. The van der Waals surface area contributed by atoms with Gasteiger partial charge in [-0.05, 0) is 97.2 Å². The van der Waals surface area contributed by atoms with Gasteiger partial charge in [0.2, 0.25) is 22.6 Å². The van der Waals surface area contributed by atoms with E-state index in [4.69, 9.17) is 11.6 Å². The van der Waals surface area contributed by atoms with Gasteiger partial charge in [0, 0.05) is 11.3 Å². The first-order chi connectivity index (χ1) is 26.7. The van der Waals surface area contributed by atoms with E-state index in [0.29, 0.717) is 33.0 Å². The van der Waals surface area contributed by atoms with Gasteiger partial charge in [-0.25, -0.2) is 35.2 Å². The molecule has 3 N–H and O–H groups in total. The first-order valence-electron chi connectivity index (χ1n) is 15.9. The summed E-state index contributed by atoms with van der Waals surface area (Å²) in [6.07, 6.45) is 0.718. The van der Waals surface area contributed by atoms with Crippen molar-refractivity contribution in [3.05, 3.63) is 111 Å². The number of halogens is 1. The summed E-state index contributed by atoms with van der Waals surface area (Å²) in [5.41, 5.74) is 2.89. The Labute approximate surface area is 417 Å². The largest absolute Gasteiger partial charge is 1.00 e. The van der Waals surface area contributed by atoms with Gasteiger partial charge in [0.1, 0.15) is 41.1 Å². The first kappa shape index (κ1) is 49.9. The average Bonchev–Trinajstić information content (AvgIpc) is 3.54. The number of carbonyl (C=O) groups is 1. The van der Waals surface area contributed by atoms with Gasteiger partial charge in [0.05, 0.1) is 41.9 Å². The zero-order valence-corrected chi connectivity index (χ0v) is 41.9. The number of hydrazone groups is 1. The molecule has 1 aliphatic rings. The third kappa shape index (κ3) is 11.1. The number of ketones is 1. The number of fused-ring (bicyclic) bond motifs is 2. The number of H-pyrrole nitrogens is 1. The predicted octanol–water partition coefficient (Wildman–Crippen LogP) is -4.30. The number of aryl methyl sites for hydroxylation is 2. The summed E-state index contributed by atoms with van der Waals surface area (Å²) in [5, 5.41) is 6.97. The maximum absolute atomic E-state index is 13.9. The number of nitrogens with zero attached hydrogens (tertiary/aromatic N) is 5. The van der Waals surface area contributed by atoms with Gasteiger partial charge in [0.25, 0.3) is 0 Å². The Balaban J connectivity index is 0.00000265. The van der Waals surface area contributed by atoms with E-state index >= 15 is 0 Å². The SMILES string of the molecule is Cc1ccc(N/N=C2\C(=O)c3c(cc(S(=O)(=O)[O-])cc3N=c3nc(Nc4ccc(-c5nc6ccc(C)c(S(=O)(=O)[O-])c6s5)cc4)nc(Cl)[nH]3)C=C2S(=O)(=O)[O-])cc1.[Na+].[Na+].[Na+]. The van der Waals surface area contributed by atoms with Crippen LogP contribution in [-0.4, -0.2) is 70.3 Å². The summed E-state index contributed by atoms with van der Waals surface area (Å²) in [5.74, 6) is -1.30. The van der Waals surface area contributed by atoms with E-state index in [1.807, 2.05) is 6.92 Å². The second-order valence-corrected chi connectivity index (χ2v) is 17.6. The van der Waals surface area contributed by atoms with Crippen molar-refractivity contribution in [1.29, 1.82) is 0 Å². The van der Waals surface area contributed by atoms with Gasteiger partial charge >= 0.3 is 88.7 Å². The molecule has 4 aromatic carbocycles. The first-order valence-corrected chi connectivity index (χ1v) is 21.4. The zero-order chi connectivity index (χ0) is 41.0. The molecule has 0 saturated carbocycles. The van der Waals surface area contributed by atoms with Crippen molar-refractivity contribution in [2.45, 2.75) is 23.6 Å². The molecule has 26 heteroatoms. The summed E-state index contributed by atoms with van der Waals surface area (Å²) >= 11 is 7.27. The summed E-state index contributed by atoms with van der Waals surface area (Å²) in [6.45, 7) is 3.34. The molecule has 0 spiro atoms. The molecule has 2 heterocycles. The number of benzene rings is 4. The van der Waals surface area contributed by atoms with E-state index in [-0.39, 0.29) is 115 Å². The maximum Gasteiger partial charge on any atom is 1.00 e. The van der Waals surface area contributed by atoms with Crippen LogP contribution in [0, 0.1) is 13.8 Å². The van der Waals surface area contributed by atoms with Crippen LogP contribution < -0.4 is 105 Å². The number of aromatic nitrogens is 4. The molecule has 0 amide bonds. The van der Waals surface area contributed by atoms with Crippen molar-refractivity contribution in [3.8, 4) is 10.6 Å². The standard InChI is InChI=1S/C34H25ClN8O10S4.3Na/c1-16-3-8-21(9-4-16)42-43-27-25(56(48,49)50)14-19-13-22(55(45,46)47)15-24(26(19)28(27)44)38-34-40-32(35)39-33(41-34)36-20-10-6-18(7-11-20)31-37-23-12-5-17(2)30(29(23)54-31)57(51,52)53;;;/h3-15,42H,1-2H3,(H,45,46,47)(H,48,49,50)(H,51,52,53)(H2,36,38,39,40,41);;;/q;3*+1/p-3/b43-27-;;;. The molecular weight excluding hydrogens is 913 g/mol. The fraction of sp³-hybridized carbons (Fsp3) is 0.0588. The smallest absolute Gasteiger partial charge is 0.744 e. The van der Waals surface area contributed by atoms with Crippen LogP contribution in [0.25, 0.3) is 26.9 Å². The molecule has 0 fully saturated rings. The second-order valence-electron chi connectivity index (χ2n) is 12.2. The molecule has 6 aromatic rings.